The molecule has 0 heterocycles. The summed E-state index contributed by atoms with van der Waals surface area (Å²) in [6, 6.07) is 7.83. The van der Waals surface area contributed by atoms with Gasteiger partial charge >= 0.3 is 6.03 Å². The van der Waals surface area contributed by atoms with Crippen LogP contribution in [0.25, 0.3) is 0 Å². The average Bonchev–Trinajstić information content (AvgIpc) is 2.73. The van der Waals surface area contributed by atoms with Crippen molar-refractivity contribution in [3.05, 3.63) is 24.3 Å². The topological polar surface area (TPSA) is 79.5 Å². The molecule has 4 bridgehead atoms. The molecule has 0 aliphatic heterocycles. The molecule has 0 aromatic heterocycles. The van der Waals surface area contributed by atoms with Crippen LogP contribution in [0, 0.1) is 16.7 Å². The number of carbonyl (C=O) groups is 2. The van der Waals surface area contributed by atoms with Crippen molar-refractivity contribution in [1.29, 1.82) is 0 Å². The first kappa shape index (κ1) is 23.5. The van der Waals surface area contributed by atoms with Gasteiger partial charge < -0.3 is 20.7 Å². The van der Waals surface area contributed by atoms with Crippen molar-refractivity contribution in [3.8, 4) is 5.75 Å². The predicted octanol–water partition coefficient (Wildman–Crippen LogP) is 5.77. The highest BCUT2D eigenvalue weighted by Gasteiger charge is 2.60. The minimum Gasteiger partial charge on any atom is -0.490 e. The van der Waals surface area contributed by atoms with E-state index in [9.17, 15) is 9.59 Å². The van der Waals surface area contributed by atoms with Gasteiger partial charge in [-0.25, -0.2) is 4.79 Å². The molecule has 6 rings (SSSR count). The lowest BCUT2D eigenvalue weighted by Gasteiger charge is -2.65. The summed E-state index contributed by atoms with van der Waals surface area (Å²) in [5.74, 6) is 1.61. The molecule has 0 saturated heterocycles. The quantitative estimate of drug-likeness (QED) is 0.497. The fraction of sp³-hybridized carbons (Fsp3) is 0.714. The van der Waals surface area contributed by atoms with Crippen molar-refractivity contribution < 1.29 is 14.3 Å². The van der Waals surface area contributed by atoms with E-state index < -0.39 is 0 Å². The van der Waals surface area contributed by atoms with E-state index in [0.717, 1.165) is 62.3 Å². The first-order valence-corrected chi connectivity index (χ1v) is 13.3. The van der Waals surface area contributed by atoms with Gasteiger partial charge in [-0.2, -0.15) is 0 Å². The molecular weight excluding hydrogens is 426 g/mol. The third kappa shape index (κ3) is 5.06. The van der Waals surface area contributed by atoms with Crippen molar-refractivity contribution in [1.82, 2.24) is 10.6 Å². The molecular formula is C28H41N3O3. The van der Waals surface area contributed by atoms with Gasteiger partial charge in [0.2, 0.25) is 5.91 Å². The molecule has 6 heteroatoms. The smallest absolute Gasteiger partial charge is 0.315 e. The Kier molecular flexibility index (Phi) is 6.06. The van der Waals surface area contributed by atoms with E-state index in [2.05, 4.69) is 29.8 Å². The van der Waals surface area contributed by atoms with Crippen LogP contribution in [0.4, 0.5) is 10.5 Å². The van der Waals surface area contributed by atoms with Gasteiger partial charge in [0.25, 0.3) is 0 Å². The first-order chi connectivity index (χ1) is 16.2. The molecule has 0 spiro atoms. The Balaban J connectivity index is 1.08. The lowest BCUT2D eigenvalue weighted by atomic mass is 9.43. The summed E-state index contributed by atoms with van der Waals surface area (Å²) in [7, 11) is 0. The van der Waals surface area contributed by atoms with Gasteiger partial charge in [-0.05, 0) is 105 Å². The van der Waals surface area contributed by atoms with E-state index in [1.165, 1.54) is 19.3 Å². The van der Waals surface area contributed by atoms with Crippen molar-refractivity contribution in [2.75, 3.05) is 5.32 Å². The highest BCUT2D eigenvalue weighted by atomic mass is 16.5. The van der Waals surface area contributed by atoms with Crippen LogP contribution in [-0.2, 0) is 4.79 Å². The zero-order chi connectivity index (χ0) is 24.0. The van der Waals surface area contributed by atoms with Gasteiger partial charge in [0.05, 0.1) is 6.10 Å². The molecule has 6 nitrogen and oxygen atoms in total. The third-order valence-electron chi connectivity index (χ3n) is 8.78. The van der Waals surface area contributed by atoms with Gasteiger partial charge in [0.15, 0.2) is 0 Å². The minimum absolute atomic E-state index is 0.00389. The van der Waals surface area contributed by atoms with Crippen LogP contribution in [0.1, 0.15) is 91.4 Å². The Morgan fingerprint density at radius 3 is 2.18 bits per heavy atom. The molecule has 5 saturated carbocycles. The number of hydrogen-bond acceptors (Lipinski definition) is 3. The lowest BCUT2D eigenvalue weighted by molar-refractivity contribution is -0.116. The fourth-order valence-electron chi connectivity index (χ4n) is 8.43. The number of hydrogen-bond donors (Lipinski definition) is 3. The Labute approximate surface area is 204 Å². The Hall–Kier alpha value is -2.24. The van der Waals surface area contributed by atoms with Crippen LogP contribution in [-0.4, -0.2) is 29.6 Å². The van der Waals surface area contributed by atoms with Crippen LogP contribution in [0.5, 0.6) is 5.75 Å². The van der Waals surface area contributed by atoms with E-state index in [4.69, 9.17) is 4.74 Å². The number of benzene rings is 1. The molecule has 1 aromatic rings. The van der Waals surface area contributed by atoms with Crippen molar-refractivity contribution in [2.45, 2.75) is 109 Å². The van der Waals surface area contributed by atoms with E-state index in [0.29, 0.717) is 17.3 Å². The van der Waals surface area contributed by atoms with Crippen molar-refractivity contribution in [2.24, 2.45) is 16.7 Å². The lowest BCUT2D eigenvalue weighted by Crippen LogP contribution is -2.66. The molecule has 3 amide bonds. The number of anilines is 1. The number of nitrogens with one attached hydrogen (secondary N) is 3. The molecule has 5 aliphatic carbocycles. The minimum atomic E-state index is -0.00389. The van der Waals surface area contributed by atoms with Gasteiger partial charge in [-0.3, -0.25) is 4.79 Å². The SMILES string of the molecule is CCC(=O)Nc1ccc(OC2CCC(NC(=O)NC34CC5C[C@@](C)(C3)C[C@@](C)(C5)C4)CC2)cc1. The Morgan fingerprint density at radius 2 is 1.59 bits per heavy atom. The number of rotatable bonds is 6. The van der Waals surface area contributed by atoms with Crippen LogP contribution in [0.3, 0.4) is 0 Å². The van der Waals surface area contributed by atoms with E-state index in [1.807, 2.05) is 31.2 Å². The molecule has 0 unspecified atom stereocenters. The predicted molar refractivity (Wildman–Crippen MR) is 134 cm³/mol. The molecule has 1 aromatic carbocycles. The molecule has 5 fully saturated rings. The summed E-state index contributed by atoms with van der Waals surface area (Å²) in [5, 5.41) is 9.63. The summed E-state index contributed by atoms with van der Waals surface area (Å²) in [5.41, 5.74) is 1.59. The maximum atomic E-state index is 13.0. The van der Waals surface area contributed by atoms with Gasteiger partial charge in [-0.1, -0.05) is 20.8 Å². The number of urea groups is 1. The molecule has 2 atom stereocenters. The van der Waals surface area contributed by atoms with Crippen molar-refractivity contribution >= 4 is 17.6 Å². The van der Waals surface area contributed by atoms with Crippen LogP contribution in [0.15, 0.2) is 24.3 Å². The van der Waals surface area contributed by atoms with Crippen LogP contribution >= 0.6 is 0 Å². The van der Waals surface area contributed by atoms with Crippen LogP contribution < -0.4 is 20.7 Å². The van der Waals surface area contributed by atoms with Gasteiger partial charge in [0, 0.05) is 23.7 Å². The maximum absolute atomic E-state index is 13.0. The molecule has 34 heavy (non-hydrogen) atoms. The summed E-state index contributed by atoms with van der Waals surface area (Å²) in [4.78, 5) is 24.5. The third-order valence-corrected chi connectivity index (χ3v) is 8.78. The van der Waals surface area contributed by atoms with E-state index >= 15 is 0 Å². The second kappa shape index (κ2) is 8.76. The normalized spacial score (nSPS) is 38.3. The zero-order valence-electron chi connectivity index (χ0n) is 21.0. The summed E-state index contributed by atoms with van der Waals surface area (Å²) in [6.45, 7) is 6.73. The maximum Gasteiger partial charge on any atom is 0.315 e. The second-order valence-electron chi connectivity index (χ2n) is 12.5. The summed E-state index contributed by atoms with van der Waals surface area (Å²) in [6.07, 6.45) is 11.8. The molecule has 3 N–H and O–H groups in total. The fourth-order valence-corrected chi connectivity index (χ4v) is 8.43. The Morgan fingerprint density at radius 1 is 0.941 bits per heavy atom. The number of carbonyl (C=O) groups excluding carboxylic acids is 2. The first-order valence-electron chi connectivity index (χ1n) is 13.3. The summed E-state index contributed by atoms with van der Waals surface area (Å²) >= 11 is 0. The van der Waals surface area contributed by atoms with Crippen molar-refractivity contribution in [3.63, 3.8) is 0 Å². The highest BCUT2D eigenvalue weighted by molar-refractivity contribution is 5.90. The second-order valence-corrected chi connectivity index (χ2v) is 12.5. The number of amides is 3. The zero-order valence-corrected chi connectivity index (χ0v) is 21.0. The highest BCUT2D eigenvalue weighted by Crippen LogP contribution is 2.66. The van der Waals surface area contributed by atoms with Crippen LogP contribution in [0.2, 0.25) is 0 Å². The standard InChI is InChI=1S/C28H41N3O3/c1-4-24(32)29-20-5-9-22(10-6-20)34-23-11-7-21(8-12-23)30-25(33)31-28-15-19-13-26(2,17-28)16-27(3,14-19)18-28/h5-6,9-10,19,21,23H,4,7-8,11-18H2,1-3H3,(H,29,32)(H2,30,31,33)/t19?,21?,23?,26-,27-,28?/m1/s1. The largest absolute Gasteiger partial charge is 0.490 e. The molecule has 5 aliphatic rings. The summed E-state index contributed by atoms with van der Waals surface area (Å²) < 4.78 is 6.17. The van der Waals surface area contributed by atoms with Gasteiger partial charge in [0.1, 0.15) is 5.75 Å². The molecule has 186 valence electrons. The van der Waals surface area contributed by atoms with E-state index in [1.54, 1.807) is 0 Å². The molecule has 0 radical (unpaired) electrons. The average molecular weight is 468 g/mol. The Bertz CT molecular complexity index is 903. The number of ether oxygens (including phenoxy) is 1. The monoisotopic (exact) mass is 467 g/mol. The van der Waals surface area contributed by atoms with E-state index in [-0.39, 0.29) is 29.6 Å². The van der Waals surface area contributed by atoms with Gasteiger partial charge in [-0.15, -0.1) is 0 Å².